The first-order valence-corrected chi connectivity index (χ1v) is 9.35. The van der Waals surface area contributed by atoms with Gasteiger partial charge in [0.15, 0.2) is 0 Å². The van der Waals surface area contributed by atoms with Crippen molar-refractivity contribution in [2.24, 2.45) is 0 Å². The second-order valence-electron chi connectivity index (χ2n) is 6.04. The van der Waals surface area contributed by atoms with E-state index in [0.29, 0.717) is 27.9 Å². The van der Waals surface area contributed by atoms with E-state index in [2.05, 4.69) is 10.3 Å². The maximum atomic E-state index is 12.5. The molecule has 0 saturated heterocycles. The topological polar surface area (TPSA) is 51.2 Å². The molecule has 0 radical (unpaired) electrons. The highest BCUT2D eigenvalue weighted by Crippen LogP contribution is 2.24. The van der Waals surface area contributed by atoms with Crippen molar-refractivity contribution in [3.05, 3.63) is 74.2 Å². The number of amides is 1. The van der Waals surface area contributed by atoms with Gasteiger partial charge in [-0.05, 0) is 50.6 Å². The van der Waals surface area contributed by atoms with Crippen LogP contribution < -0.4 is 10.1 Å². The van der Waals surface area contributed by atoms with Crippen LogP contribution in [0.3, 0.4) is 0 Å². The van der Waals surface area contributed by atoms with Crippen molar-refractivity contribution in [2.75, 3.05) is 5.32 Å². The summed E-state index contributed by atoms with van der Waals surface area (Å²) in [6.07, 6.45) is 0. The van der Waals surface area contributed by atoms with Gasteiger partial charge in [0, 0.05) is 10.7 Å². The number of anilines is 1. The molecule has 1 aromatic heterocycles. The molecular formula is C20H19ClN2O2S. The Kier molecular flexibility index (Phi) is 5.59. The van der Waals surface area contributed by atoms with Crippen LogP contribution in [0, 0.1) is 20.8 Å². The van der Waals surface area contributed by atoms with E-state index in [1.54, 1.807) is 6.07 Å². The van der Waals surface area contributed by atoms with Gasteiger partial charge in [-0.25, -0.2) is 4.98 Å². The fourth-order valence-corrected chi connectivity index (χ4v) is 3.42. The lowest BCUT2D eigenvalue weighted by Gasteiger charge is -2.06. The molecule has 0 spiro atoms. The van der Waals surface area contributed by atoms with Gasteiger partial charge in [0.25, 0.3) is 5.91 Å². The third-order valence-corrected chi connectivity index (χ3v) is 5.40. The van der Waals surface area contributed by atoms with Crippen molar-refractivity contribution >= 4 is 34.5 Å². The number of thiazole rings is 1. The monoisotopic (exact) mass is 386 g/mol. The minimum Gasteiger partial charge on any atom is -0.486 e. The standard InChI is InChI=1S/C20H19ClN2O2S/c1-12-4-8-16(9-5-12)25-11-18-22-14(3)19(26-18)20(24)23-15-7-6-13(2)17(21)10-15/h4-10H,11H2,1-3H3,(H,23,24). The number of aryl methyl sites for hydroxylation is 3. The molecule has 0 saturated carbocycles. The molecule has 0 aliphatic rings. The van der Waals surface area contributed by atoms with Gasteiger partial charge in [-0.3, -0.25) is 4.79 Å². The summed E-state index contributed by atoms with van der Waals surface area (Å²) in [4.78, 5) is 17.5. The summed E-state index contributed by atoms with van der Waals surface area (Å²) in [5.74, 6) is 0.588. The number of benzene rings is 2. The lowest BCUT2D eigenvalue weighted by atomic mass is 10.2. The molecule has 0 bridgehead atoms. The minimum atomic E-state index is -0.193. The number of rotatable bonds is 5. The van der Waals surface area contributed by atoms with Gasteiger partial charge in [-0.15, -0.1) is 11.3 Å². The Bertz CT molecular complexity index is 935. The van der Waals surface area contributed by atoms with E-state index in [1.807, 2.05) is 57.2 Å². The second kappa shape index (κ2) is 7.89. The molecule has 0 unspecified atom stereocenters. The summed E-state index contributed by atoms with van der Waals surface area (Å²) >= 11 is 7.45. The van der Waals surface area contributed by atoms with Crippen LogP contribution >= 0.6 is 22.9 Å². The first-order valence-electron chi connectivity index (χ1n) is 8.15. The first kappa shape index (κ1) is 18.4. The molecule has 1 amide bonds. The van der Waals surface area contributed by atoms with Gasteiger partial charge in [0.1, 0.15) is 22.2 Å². The molecule has 2 aromatic carbocycles. The number of halogens is 1. The second-order valence-corrected chi connectivity index (χ2v) is 7.53. The molecule has 134 valence electrons. The highest BCUT2D eigenvalue weighted by molar-refractivity contribution is 7.13. The normalized spacial score (nSPS) is 10.6. The summed E-state index contributed by atoms with van der Waals surface area (Å²) in [5, 5.41) is 4.25. The van der Waals surface area contributed by atoms with Crippen LogP contribution in [0.2, 0.25) is 5.02 Å². The van der Waals surface area contributed by atoms with Crippen LogP contribution in [0.1, 0.15) is 31.5 Å². The lowest BCUT2D eigenvalue weighted by Crippen LogP contribution is -2.11. The summed E-state index contributed by atoms with van der Waals surface area (Å²) in [6.45, 7) is 6.10. The molecule has 3 aromatic rings. The lowest BCUT2D eigenvalue weighted by molar-refractivity contribution is 0.103. The Labute approximate surface area is 161 Å². The number of nitrogens with zero attached hydrogens (tertiary/aromatic N) is 1. The number of aromatic nitrogens is 1. The number of carbonyl (C=O) groups is 1. The van der Waals surface area contributed by atoms with Gasteiger partial charge in [-0.1, -0.05) is 35.4 Å². The summed E-state index contributed by atoms with van der Waals surface area (Å²) in [5.41, 5.74) is 3.50. The third kappa shape index (κ3) is 4.42. The molecule has 4 nitrogen and oxygen atoms in total. The average Bonchev–Trinajstić information content (AvgIpc) is 2.98. The molecule has 0 fully saturated rings. The summed E-state index contributed by atoms with van der Waals surface area (Å²) in [6, 6.07) is 13.3. The Morgan fingerprint density at radius 1 is 1.15 bits per heavy atom. The van der Waals surface area contributed by atoms with Crippen LogP contribution in [-0.2, 0) is 6.61 Å². The zero-order valence-corrected chi connectivity index (χ0v) is 16.4. The maximum absolute atomic E-state index is 12.5. The van der Waals surface area contributed by atoms with Crippen molar-refractivity contribution in [1.82, 2.24) is 4.98 Å². The van der Waals surface area contributed by atoms with Crippen molar-refractivity contribution in [2.45, 2.75) is 27.4 Å². The molecular weight excluding hydrogens is 368 g/mol. The zero-order chi connectivity index (χ0) is 18.7. The predicted molar refractivity (Wildman–Crippen MR) is 107 cm³/mol. The van der Waals surface area contributed by atoms with E-state index in [4.69, 9.17) is 16.3 Å². The van der Waals surface area contributed by atoms with Crippen LogP contribution in [0.15, 0.2) is 42.5 Å². The van der Waals surface area contributed by atoms with Gasteiger partial charge >= 0.3 is 0 Å². The largest absolute Gasteiger partial charge is 0.486 e. The number of hydrogen-bond donors (Lipinski definition) is 1. The van der Waals surface area contributed by atoms with E-state index in [-0.39, 0.29) is 5.91 Å². The Morgan fingerprint density at radius 3 is 2.58 bits per heavy atom. The van der Waals surface area contributed by atoms with Crippen molar-refractivity contribution in [3.8, 4) is 5.75 Å². The molecule has 0 aliphatic carbocycles. The van der Waals surface area contributed by atoms with E-state index < -0.39 is 0 Å². The van der Waals surface area contributed by atoms with Crippen LogP contribution in [-0.4, -0.2) is 10.9 Å². The summed E-state index contributed by atoms with van der Waals surface area (Å²) < 4.78 is 5.74. The third-order valence-electron chi connectivity index (χ3n) is 3.86. The van der Waals surface area contributed by atoms with E-state index >= 15 is 0 Å². The highest BCUT2D eigenvalue weighted by atomic mass is 35.5. The van der Waals surface area contributed by atoms with E-state index in [0.717, 1.165) is 16.3 Å². The van der Waals surface area contributed by atoms with Crippen LogP contribution in [0.25, 0.3) is 0 Å². The number of carbonyl (C=O) groups excluding carboxylic acids is 1. The van der Waals surface area contributed by atoms with Gasteiger partial charge in [-0.2, -0.15) is 0 Å². The first-order chi connectivity index (χ1) is 12.4. The Hall–Kier alpha value is -2.37. The molecule has 0 atom stereocenters. The number of hydrogen-bond acceptors (Lipinski definition) is 4. The van der Waals surface area contributed by atoms with Crippen molar-refractivity contribution in [3.63, 3.8) is 0 Å². The summed E-state index contributed by atoms with van der Waals surface area (Å²) in [7, 11) is 0. The van der Waals surface area contributed by atoms with Gasteiger partial charge in [0.05, 0.1) is 5.69 Å². The average molecular weight is 387 g/mol. The number of ether oxygens (including phenoxy) is 1. The quantitative estimate of drug-likeness (QED) is 0.625. The fourth-order valence-electron chi connectivity index (χ4n) is 2.36. The van der Waals surface area contributed by atoms with Gasteiger partial charge in [0.2, 0.25) is 0 Å². The van der Waals surface area contributed by atoms with Gasteiger partial charge < -0.3 is 10.1 Å². The molecule has 26 heavy (non-hydrogen) atoms. The number of nitrogens with one attached hydrogen (secondary N) is 1. The smallest absolute Gasteiger partial charge is 0.267 e. The Balaban J connectivity index is 1.67. The molecule has 1 heterocycles. The van der Waals surface area contributed by atoms with Crippen molar-refractivity contribution < 1.29 is 9.53 Å². The van der Waals surface area contributed by atoms with E-state index in [1.165, 1.54) is 16.9 Å². The predicted octanol–water partition coefficient (Wildman–Crippen LogP) is 5.55. The van der Waals surface area contributed by atoms with Crippen LogP contribution in [0.4, 0.5) is 5.69 Å². The molecule has 0 aliphatic heterocycles. The van der Waals surface area contributed by atoms with Crippen LogP contribution in [0.5, 0.6) is 5.75 Å². The zero-order valence-electron chi connectivity index (χ0n) is 14.8. The minimum absolute atomic E-state index is 0.193. The molecule has 3 rings (SSSR count). The highest BCUT2D eigenvalue weighted by Gasteiger charge is 2.16. The molecule has 1 N–H and O–H groups in total. The maximum Gasteiger partial charge on any atom is 0.267 e. The fraction of sp³-hybridized carbons (Fsp3) is 0.200. The Morgan fingerprint density at radius 2 is 1.88 bits per heavy atom. The van der Waals surface area contributed by atoms with E-state index in [9.17, 15) is 4.79 Å². The van der Waals surface area contributed by atoms with Crippen molar-refractivity contribution in [1.29, 1.82) is 0 Å². The SMILES string of the molecule is Cc1ccc(OCc2nc(C)c(C(=O)Nc3ccc(C)c(Cl)c3)s2)cc1. The molecule has 6 heteroatoms.